The molecule has 226 valence electrons. The zero-order valence-corrected chi connectivity index (χ0v) is 27.9. The largest absolute Gasteiger partial charge is 0.496 e. The van der Waals surface area contributed by atoms with E-state index in [2.05, 4.69) is 21.2 Å². The molecule has 3 aromatic rings. The molecule has 0 unspecified atom stereocenters. The number of halogens is 3. The lowest BCUT2D eigenvalue weighted by Crippen LogP contribution is -2.53. The van der Waals surface area contributed by atoms with Crippen LogP contribution in [0.3, 0.4) is 0 Å². The number of benzene rings is 3. The molecule has 0 aliphatic rings. The molecule has 0 saturated carbocycles. The van der Waals surface area contributed by atoms with Gasteiger partial charge in [0.2, 0.25) is 11.8 Å². The summed E-state index contributed by atoms with van der Waals surface area (Å²) < 4.78 is 34.9. The first-order valence-corrected chi connectivity index (χ1v) is 16.2. The smallest absolute Gasteiger partial charge is 0.264 e. The summed E-state index contributed by atoms with van der Waals surface area (Å²) in [5.74, 6) is -0.449. The molecule has 12 heteroatoms. The van der Waals surface area contributed by atoms with E-state index < -0.39 is 28.5 Å². The van der Waals surface area contributed by atoms with Gasteiger partial charge in [-0.15, -0.1) is 0 Å². The maximum Gasteiger partial charge on any atom is 0.264 e. The van der Waals surface area contributed by atoms with E-state index in [4.69, 9.17) is 27.9 Å². The van der Waals surface area contributed by atoms with Crippen molar-refractivity contribution >= 4 is 66.7 Å². The van der Waals surface area contributed by atoms with Gasteiger partial charge >= 0.3 is 0 Å². The van der Waals surface area contributed by atoms with Crippen molar-refractivity contribution < 1.29 is 22.7 Å². The highest BCUT2D eigenvalue weighted by Crippen LogP contribution is 2.31. The van der Waals surface area contributed by atoms with Crippen LogP contribution in [0.15, 0.2) is 70.0 Å². The number of sulfonamides is 1. The van der Waals surface area contributed by atoms with Gasteiger partial charge in [0, 0.05) is 12.6 Å². The zero-order valence-electron chi connectivity index (χ0n) is 24.0. The molecule has 0 fully saturated rings. The minimum Gasteiger partial charge on any atom is -0.496 e. The number of nitrogens with zero attached hydrogens (tertiary/aromatic N) is 2. The van der Waals surface area contributed by atoms with Crippen molar-refractivity contribution in [2.75, 3.05) is 18.0 Å². The summed E-state index contributed by atoms with van der Waals surface area (Å²) in [6.07, 6.45) is 0.300. The predicted octanol–water partition coefficient (Wildman–Crippen LogP) is 6.60. The number of methoxy groups -OCH3 is 1. The highest BCUT2D eigenvalue weighted by Gasteiger charge is 2.34. The third-order valence-electron chi connectivity index (χ3n) is 6.47. The Labute approximate surface area is 266 Å². The lowest BCUT2D eigenvalue weighted by molar-refractivity contribution is -0.140. The van der Waals surface area contributed by atoms with Crippen LogP contribution in [-0.2, 0) is 26.2 Å². The van der Waals surface area contributed by atoms with Gasteiger partial charge in [-0.1, -0.05) is 53.9 Å². The van der Waals surface area contributed by atoms with Crippen molar-refractivity contribution in [3.8, 4) is 5.75 Å². The molecule has 1 N–H and O–H groups in total. The molecule has 42 heavy (non-hydrogen) atoms. The van der Waals surface area contributed by atoms with Gasteiger partial charge in [0.05, 0.1) is 32.2 Å². The van der Waals surface area contributed by atoms with Crippen molar-refractivity contribution in [1.82, 2.24) is 10.2 Å². The fourth-order valence-corrected chi connectivity index (χ4v) is 6.76. The van der Waals surface area contributed by atoms with E-state index in [0.29, 0.717) is 37.9 Å². The fraction of sp³-hybridized carbons (Fsp3) is 0.333. The number of hydrogen-bond acceptors (Lipinski definition) is 5. The van der Waals surface area contributed by atoms with Crippen LogP contribution in [0.5, 0.6) is 5.75 Å². The Kier molecular flexibility index (Phi) is 11.7. The molecule has 8 nitrogen and oxygen atoms in total. The Bertz CT molecular complexity index is 1530. The van der Waals surface area contributed by atoms with Crippen molar-refractivity contribution in [1.29, 1.82) is 0 Å². The third kappa shape index (κ3) is 8.18. The monoisotopic (exact) mass is 697 g/mol. The van der Waals surface area contributed by atoms with E-state index in [-0.39, 0.29) is 23.4 Å². The lowest BCUT2D eigenvalue weighted by Gasteiger charge is -2.33. The number of anilines is 1. The standard InChI is InChI=1S/C30H34BrCl2N3O5S/c1-6-27(30(38)34-19(2)3)35(17-21-9-13-25(32)26(33)15-21)29(37)18-36(22-10-7-20(4)8-11-22)42(39,40)23-12-14-28(41-5)24(31)16-23/h7-16,19,27H,6,17-18H2,1-5H3,(H,34,38)/t27-/m1/s1. The quantitative estimate of drug-likeness (QED) is 0.230. The number of rotatable bonds is 12. The van der Waals surface area contributed by atoms with E-state index >= 15 is 0 Å². The molecule has 0 bridgehead atoms. The predicted molar refractivity (Wildman–Crippen MR) is 171 cm³/mol. The van der Waals surface area contributed by atoms with E-state index in [1.54, 1.807) is 49.4 Å². The number of hydrogen-bond donors (Lipinski definition) is 1. The maximum absolute atomic E-state index is 14.1. The summed E-state index contributed by atoms with van der Waals surface area (Å²) in [5.41, 5.74) is 1.86. The molecule has 0 aliphatic carbocycles. The van der Waals surface area contributed by atoms with Crippen LogP contribution in [0.1, 0.15) is 38.3 Å². The van der Waals surface area contributed by atoms with Crippen LogP contribution in [0.25, 0.3) is 0 Å². The van der Waals surface area contributed by atoms with E-state index in [1.807, 2.05) is 20.8 Å². The number of nitrogens with one attached hydrogen (secondary N) is 1. The Hall–Kier alpha value is -2.79. The van der Waals surface area contributed by atoms with Gasteiger partial charge in [0.25, 0.3) is 10.0 Å². The average Bonchev–Trinajstić information content (AvgIpc) is 2.93. The van der Waals surface area contributed by atoms with Crippen LogP contribution in [-0.4, -0.2) is 50.9 Å². The second-order valence-corrected chi connectivity index (χ2v) is 13.5. The normalized spacial score (nSPS) is 12.1. The molecule has 0 radical (unpaired) electrons. The number of amides is 2. The third-order valence-corrected chi connectivity index (χ3v) is 9.59. The van der Waals surface area contributed by atoms with Gasteiger partial charge < -0.3 is 15.0 Å². The van der Waals surface area contributed by atoms with E-state index in [0.717, 1.165) is 9.87 Å². The van der Waals surface area contributed by atoms with Gasteiger partial charge in [-0.05, 0) is 91.1 Å². The zero-order chi connectivity index (χ0) is 31.2. The van der Waals surface area contributed by atoms with Gasteiger partial charge in [0.15, 0.2) is 0 Å². The highest BCUT2D eigenvalue weighted by molar-refractivity contribution is 9.10. The van der Waals surface area contributed by atoms with Crippen LogP contribution in [0.2, 0.25) is 10.0 Å². The number of ether oxygens (including phenoxy) is 1. The summed E-state index contributed by atoms with van der Waals surface area (Å²) in [6.45, 7) is 6.79. The second-order valence-electron chi connectivity index (χ2n) is 10.0. The molecule has 3 rings (SSSR count). The first-order valence-electron chi connectivity index (χ1n) is 13.2. The van der Waals surface area contributed by atoms with Crippen molar-refractivity contribution in [2.24, 2.45) is 0 Å². The van der Waals surface area contributed by atoms with Crippen molar-refractivity contribution in [3.05, 3.63) is 86.3 Å². The van der Waals surface area contributed by atoms with Crippen LogP contribution >= 0.6 is 39.1 Å². The summed E-state index contributed by atoms with van der Waals surface area (Å²) in [7, 11) is -2.76. The van der Waals surface area contributed by atoms with Gasteiger partial charge in [-0.3, -0.25) is 13.9 Å². The first kappa shape index (κ1) is 33.7. The Balaban J connectivity index is 2.10. The Morgan fingerprint density at radius 2 is 1.67 bits per heavy atom. The van der Waals surface area contributed by atoms with Gasteiger partial charge in [-0.25, -0.2) is 8.42 Å². The van der Waals surface area contributed by atoms with Crippen LogP contribution in [0.4, 0.5) is 5.69 Å². The Morgan fingerprint density at radius 3 is 2.21 bits per heavy atom. The van der Waals surface area contributed by atoms with Crippen molar-refractivity contribution in [3.63, 3.8) is 0 Å². The summed E-state index contributed by atoms with van der Waals surface area (Å²) in [6, 6.07) is 15.1. The van der Waals surface area contributed by atoms with Crippen LogP contribution in [0, 0.1) is 6.92 Å². The second kappa shape index (κ2) is 14.6. The molecule has 0 heterocycles. The lowest BCUT2D eigenvalue weighted by atomic mass is 10.1. The van der Waals surface area contributed by atoms with Gasteiger partial charge in [0.1, 0.15) is 18.3 Å². The topological polar surface area (TPSA) is 96.0 Å². The van der Waals surface area contributed by atoms with E-state index in [1.165, 1.54) is 30.2 Å². The molecule has 0 aliphatic heterocycles. The Morgan fingerprint density at radius 1 is 1.00 bits per heavy atom. The average molecular weight is 699 g/mol. The molecule has 2 amide bonds. The maximum atomic E-state index is 14.1. The fourth-order valence-electron chi connectivity index (χ4n) is 4.31. The molecule has 0 spiro atoms. The van der Waals surface area contributed by atoms with Crippen LogP contribution < -0.4 is 14.4 Å². The molecular formula is C30H34BrCl2N3O5S. The summed E-state index contributed by atoms with van der Waals surface area (Å²) in [5, 5.41) is 3.52. The van der Waals surface area contributed by atoms with Crippen molar-refractivity contribution in [2.45, 2.75) is 57.6 Å². The number of aryl methyl sites for hydroxylation is 1. The molecular weight excluding hydrogens is 665 g/mol. The molecule has 1 atom stereocenters. The summed E-state index contributed by atoms with van der Waals surface area (Å²) in [4.78, 5) is 28.7. The first-order chi connectivity index (χ1) is 19.8. The summed E-state index contributed by atoms with van der Waals surface area (Å²) >= 11 is 15.7. The molecule has 0 aromatic heterocycles. The highest BCUT2D eigenvalue weighted by atomic mass is 79.9. The minimum atomic E-state index is -4.24. The number of carbonyl (C=O) groups is 2. The van der Waals surface area contributed by atoms with E-state index in [9.17, 15) is 18.0 Å². The molecule has 3 aromatic carbocycles. The SMILES string of the molecule is CC[C@H](C(=O)NC(C)C)N(Cc1ccc(Cl)c(Cl)c1)C(=O)CN(c1ccc(C)cc1)S(=O)(=O)c1ccc(OC)c(Br)c1. The minimum absolute atomic E-state index is 0.00954. The number of carbonyl (C=O) groups excluding carboxylic acids is 2. The van der Waals surface area contributed by atoms with Gasteiger partial charge in [-0.2, -0.15) is 0 Å². The molecule has 0 saturated heterocycles.